The zero-order valence-corrected chi connectivity index (χ0v) is 23.1. The Kier molecular flexibility index (Phi) is 5.92. The van der Waals surface area contributed by atoms with Gasteiger partial charge in [-0.1, -0.05) is 95.6 Å². The van der Waals surface area contributed by atoms with Crippen LogP contribution in [0, 0.1) is 0 Å². The Morgan fingerprint density at radius 3 is 1.64 bits per heavy atom. The van der Waals surface area contributed by atoms with Crippen molar-refractivity contribution >= 4 is 50.5 Å². The van der Waals surface area contributed by atoms with Gasteiger partial charge < -0.3 is 9.47 Å². The molecule has 0 aliphatic heterocycles. The van der Waals surface area contributed by atoms with Crippen molar-refractivity contribution in [2.24, 2.45) is 7.05 Å². The number of rotatable bonds is 3. The van der Waals surface area contributed by atoms with Crippen molar-refractivity contribution in [3.05, 3.63) is 101 Å². The maximum atomic E-state index is 6.77. The quantitative estimate of drug-likeness (QED) is 0.242. The number of para-hydroxylation sites is 1. The molecule has 5 aromatic rings. The van der Waals surface area contributed by atoms with Crippen LogP contribution < -0.4 is 4.90 Å². The maximum absolute atomic E-state index is 6.77. The van der Waals surface area contributed by atoms with E-state index in [-0.39, 0.29) is 10.8 Å². The third kappa shape index (κ3) is 4.29. The normalized spacial score (nSPS) is 12.4. The first-order valence-corrected chi connectivity index (χ1v) is 13.0. The molecule has 0 aliphatic carbocycles. The molecule has 2 nitrogen and oxygen atoms in total. The minimum Gasteiger partial charge on any atom is -0.344 e. The van der Waals surface area contributed by atoms with Crippen LogP contribution in [0.25, 0.3) is 21.8 Å². The van der Waals surface area contributed by atoms with Gasteiger partial charge in [0.2, 0.25) is 0 Å². The molecule has 0 unspecified atom stereocenters. The van der Waals surface area contributed by atoms with Gasteiger partial charge in [0.05, 0.1) is 11.2 Å². The van der Waals surface area contributed by atoms with Crippen LogP contribution in [0.1, 0.15) is 52.7 Å². The van der Waals surface area contributed by atoms with Crippen LogP contribution in [-0.4, -0.2) is 4.57 Å². The summed E-state index contributed by atoms with van der Waals surface area (Å²) in [5.74, 6) is 0. The summed E-state index contributed by atoms with van der Waals surface area (Å²) < 4.78 is 2.24. The maximum Gasteiger partial charge on any atom is 0.0576 e. The summed E-state index contributed by atoms with van der Waals surface area (Å²) >= 11 is 6.77. The summed E-state index contributed by atoms with van der Waals surface area (Å²) in [4.78, 5) is 2.35. The third-order valence-electron chi connectivity index (χ3n) is 7.18. The molecule has 0 atom stereocenters. The molecule has 1 aromatic heterocycles. The first-order chi connectivity index (χ1) is 16.9. The first-order valence-electron chi connectivity index (χ1n) is 12.6. The second kappa shape index (κ2) is 8.71. The van der Waals surface area contributed by atoms with Crippen LogP contribution in [0.4, 0.5) is 17.1 Å². The summed E-state index contributed by atoms with van der Waals surface area (Å²) in [6.07, 6.45) is 0. The molecule has 3 heteroatoms. The van der Waals surface area contributed by atoms with E-state index in [1.165, 1.54) is 27.4 Å². The van der Waals surface area contributed by atoms with Gasteiger partial charge in [-0.05, 0) is 64.4 Å². The fraction of sp³-hybridized carbons (Fsp3) is 0.273. The van der Waals surface area contributed by atoms with Gasteiger partial charge in [-0.3, -0.25) is 0 Å². The molecule has 0 spiro atoms. The lowest BCUT2D eigenvalue weighted by Gasteiger charge is -2.29. The van der Waals surface area contributed by atoms with E-state index in [4.69, 9.17) is 11.6 Å². The highest BCUT2D eigenvalue weighted by molar-refractivity contribution is 6.32. The molecule has 0 N–H and O–H groups in total. The molecule has 184 valence electrons. The van der Waals surface area contributed by atoms with Gasteiger partial charge in [0.15, 0.2) is 0 Å². The van der Waals surface area contributed by atoms with Gasteiger partial charge in [0, 0.05) is 39.7 Å². The Balaban J connectivity index is 1.80. The van der Waals surface area contributed by atoms with Gasteiger partial charge >= 0.3 is 0 Å². The number of halogens is 1. The van der Waals surface area contributed by atoms with E-state index < -0.39 is 0 Å². The van der Waals surface area contributed by atoms with Crippen molar-refractivity contribution in [3.8, 4) is 0 Å². The standard InChI is InChI=1S/C33H35ClN2/c1-32(2,3)22-12-16-25(17-13-22)36(26-18-14-23(15-19-26)33(4,5)6)30-21-24(34)20-29-31(30)27-10-8-9-11-28(27)35(29)7/h8-21H,1-7H3. The Morgan fingerprint density at radius 1 is 0.639 bits per heavy atom. The Hall–Kier alpha value is -3.23. The van der Waals surface area contributed by atoms with Crippen molar-refractivity contribution in [1.29, 1.82) is 0 Å². The predicted molar refractivity (Wildman–Crippen MR) is 158 cm³/mol. The molecular weight excluding hydrogens is 460 g/mol. The van der Waals surface area contributed by atoms with E-state index >= 15 is 0 Å². The second-order valence-corrected chi connectivity index (χ2v) is 12.3. The van der Waals surface area contributed by atoms with Crippen LogP contribution in [0.15, 0.2) is 84.9 Å². The average Bonchev–Trinajstić information content (AvgIpc) is 3.11. The van der Waals surface area contributed by atoms with Crippen LogP contribution in [0.3, 0.4) is 0 Å². The molecule has 0 bridgehead atoms. The molecule has 0 fully saturated rings. The zero-order chi connectivity index (χ0) is 25.8. The number of nitrogens with zero attached hydrogens (tertiary/aromatic N) is 2. The monoisotopic (exact) mass is 494 g/mol. The number of anilines is 3. The van der Waals surface area contributed by atoms with Crippen molar-refractivity contribution in [2.45, 2.75) is 52.4 Å². The molecule has 0 amide bonds. The van der Waals surface area contributed by atoms with Gasteiger partial charge in [-0.25, -0.2) is 0 Å². The van der Waals surface area contributed by atoms with E-state index in [2.05, 4.69) is 143 Å². The summed E-state index contributed by atoms with van der Waals surface area (Å²) in [5.41, 5.74) is 8.45. The van der Waals surface area contributed by atoms with E-state index in [0.29, 0.717) is 0 Å². The smallest absolute Gasteiger partial charge is 0.0576 e. The van der Waals surface area contributed by atoms with Crippen molar-refractivity contribution in [3.63, 3.8) is 0 Å². The molecule has 0 saturated heterocycles. The van der Waals surface area contributed by atoms with Gasteiger partial charge in [0.25, 0.3) is 0 Å². The van der Waals surface area contributed by atoms with Gasteiger partial charge in [0.1, 0.15) is 0 Å². The first kappa shape index (κ1) is 24.5. The Labute approximate surface area is 220 Å². The fourth-order valence-corrected chi connectivity index (χ4v) is 5.26. The summed E-state index contributed by atoms with van der Waals surface area (Å²) in [5, 5.41) is 3.16. The lowest BCUT2D eigenvalue weighted by Crippen LogP contribution is -2.14. The molecule has 0 aliphatic rings. The van der Waals surface area contributed by atoms with Crippen molar-refractivity contribution in [2.75, 3.05) is 4.90 Å². The minimum absolute atomic E-state index is 0.0939. The molecule has 5 rings (SSSR count). The number of hydrogen-bond donors (Lipinski definition) is 0. The lowest BCUT2D eigenvalue weighted by atomic mass is 9.86. The highest BCUT2D eigenvalue weighted by atomic mass is 35.5. The van der Waals surface area contributed by atoms with Crippen molar-refractivity contribution in [1.82, 2.24) is 4.57 Å². The number of fused-ring (bicyclic) bond motifs is 3. The van der Waals surface area contributed by atoms with E-state index in [9.17, 15) is 0 Å². The Bertz CT molecular complexity index is 1490. The second-order valence-electron chi connectivity index (χ2n) is 11.8. The number of aromatic nitrogens is 1. The number of hydrogen-bond acceptors (Lipinski definition) is 1. The highest BCUT2D eigenvalue weighted by Crippen LogP contribution is 2.44. The molecule has 36 heavy (non-hydrogen) atoms. The van der Waals surface area contributed by atoms with E-state index in [0.717, 1.165) is 27.6 Å². The summed E-state index contributed by atoms with van der Waals surface area (Å²) in [6.45, 7) is 13.5. The molecule has 4 aromatic carbocycles. The van der Waals surface area contributed by atoms with Gasteiger partial charge in [-0.15, -0.1) is 0 Å². The number of benzene rings is 4. The van der Waals surface area contributed by atoms with Crippen LogP contribution in [-0.2, 0) is 17.9 Å². The molecular formula is C33H35ClN2. The van der Waals surface area contributed by atoms with E-state index in [1.807, 2.05) is 0 Å². The van der Waals surface area contributed by atoms with E-state index in [1.54, 1.807) is 0 Å². The summed E-state index contributed by atoms with van der Waals surface area (Å²) in [6, 6.07) is 30.7. The van der Waals surface area contributed by atoms with Crippen molar-refractivity contribution < 1.29 is 0 Å². The molecule has 0 saturated carbocycles. The van der Waals surface area contributed by atoms with Crippen LogP contribution in [0.5, 0.6) is 0 Å². The molecule has 1 heterocycles. The largest absolute Gasteiger partial charge is 0.344 e. The van der Waals surface area contributed by atoms with Crippen LogP contribution in [0.2, 0.25) is 5.02 Å². The highest BCUT2D eigenvalue weighted by Gasteiger charge is 2.22. The minimum atomic E-state index is 0.0939. The number of aryl methyl sites for hydroxylation is 1. The fourth-order valence-electron chi connectivity index (χ4n) is 5.05. The SMILES string of the molecule is Cn1c2ccccc2c2c(N(c3ccc(C(C)(C)C)cc3)c3ccc(C(C)(C)C)cc3)cc(Cl)cc21. The Morgan fingerprint density at radius 2 is 1.14 bits per heavy atom. The molecule has 0 radical (unpaired) electrons. The zero-order valence-electron chi connectivity index (χ0n) is 22.4. The van der Waals surface area contributed by atoms with Crippen LogP contribution >= 0.6 is 11.6 Å². The topological polar surface area (TPSA) is 8.17 Å². The predicted octanol–water partition coefficient (Wildman–Crippen LogP) is 10.0. The lowest BCUT2D eigenvalue weighted by molar-refractivity contribution is 0.590. The average molecular weight is 495 g/mol. The third-order valence-corrected chi connectivity index (χ3v) is 7.40. The van der Waals surface area contributed by atoms with Gasteiger partial charge in [-0.2, -0.15) is 0 Å². The summed E-state index contributed by atoms with van der Waals surface area (Å²) in [7, 11) is 2.12.